The van der Waals surface area contributed by atoms with Crippen molar-refractivity contribution in [2.75, 3.05) is 13.6 Å². The van der Waals surface area contributed by atoms with Gasteiger partial charge in [0, 0.05) is 32.4 Å². The van der Waals surface area contributed by atoms with Crippen LogP contribution in [0.5, 0.6) is 0 Å². The van der Waals surface area contributed by atoms with Crippen molar-refractivity contribution in [1.29, 1.82) is 0 Å². The quantitative estimate of drug-likeness (QED) is 0.407. The minimum Gasteiger partial charge on any atom is -0.356 e. The van der Waals surface area contributed by atoms with E-state index in [1.54, 1.807) is 29.4 Å². The highest BCUT2D eigenvalue weighted by atomic mass is 127. The highest BCUT2D eigenvalue weighted by molar-refractivity contribution is 14.0. The lowest BCUT2D eigenvalue weighted by atomic mass is 10.3. The summed E-state index contributed by atoms with van der Waals surface area (Å²) in [7, 11) is 3.62. The number of halogens is 1. The third-order valence-electron chi connectivity index (χ3n) is 3.02. The number of guanidine groups is 1. The fourth-order valence-corrected chi connectivity index (χ4v) is 2.58. The van der Waals surface area contributed by atoms with Crippen molar-refractivity contribution in [2.45, 2.75) is 26.3 Å². The Morgan fingerprint density at radius 3 is 2.82 bits per heavy atom. The molecule has 0 unspecified atom stereocenters. The molecule has 7 nitrogen and oxygen atoms in total. The number of nitrogens with zero attached hydrogens (tertiary/aromatic N) is 5. The van der Waals surface area contributed by atoms with E-state index in [9.17, 15) is 0 Å². The van der Waals surface area contributed by atoms with Crippen LogP contribution >= 0.6 is 35.3 Å². The van der Waals surface area contributed by atoms with E-state index < -0.39 is 0 Å². The van der Waals surface area contributed by atoms with Gasteiger partial charge in [0.1, 0.15) is 12.2 Å². The van der Waals surface area contributed by atoms with E-state index in [0.717, 1.165) is 36.9 Å². The Labute approximate surface area is 151 Å². The van der Waals surface area contributed by atoms with Gasteiger partial charge in [-0.05, 0) is 6.42 Å². The van der Waals surface area contributed by atoms with Crippen LogP contribution in [0.1, 0.15) is 23.4 Å². The first-order valence-corrected chi connectivity index (χ1v) is 7.81. The SMILES string of the molecule is CCc1nc(CCNC(=NC)NCc2ncnn2C)cs1.I. The van der Waals surface area contributed by atoms with Crippen LogP contribution in [-0.4, -0.2) is 39.3 Å². The normalized spacial score (nSPS) is 11.1. The lowest BCUT2D eigenvalue weighted by Gasteiger charge is -2.10. The van der Waals surface area contributed by atoms with E-state index in [4.69, 9.17) is 0 Å². The maximum Gasteiger partial charge on any atom is 0.191 e. The topological polar surface area (TPSA) is 80.0 Å². The fourth-order valence-electron chi connectivity index (χ4n) is 1.80. The number of hydrogen-bond acceptors (Lipinski definition) is 5. The molecule has 2 aromatic rings. The van der Waals surface area contributed by atoms with Gasteiger partial charge in [0.2, 0.25) is 0 Å². The molecule has 0 radical (unpaired) electrons. The van der Waals surface area contributed by atoms with Crippen molar-refractivity contribution in [3.05, 3.63) is 28.2 Å². The molecule has 9 heteroatoms. The summed E-state index contributed by atoms with van der Waals surface area (Å²) in [6.07, 6.45) is 3.43. The number of aromatic nitrogens is 4. The first-order valence-electron chi connectivity index (χ1n) is 6.93. The van der Waals surface area contributed by atoms with E-state index in [-0.39, 0.29) is 24.0 Å². The van der Waals surface area contributed by atoms with Crippen LogP contribution in [0.3, 0.4) is 0 Å². The lowest BCUT2D eigenvalue weighted by Crippen LogP contribution is -2.38. The Morgan fingerprint density at radius 2 is 2.23 bits per heavy atom. The molecule has 0 spiro atoms. The van der Waals surface area contributed by atoms with Gasteiger partial charge in [-0.25, -0.2) is 9.97 Å². The standard InChI is InChI=1S/C13H21N7S.HI/c1-4-12-19-10(8-21-12)5-6-15-13(14-2)16-7-11-17-9-18-20(11)3;/h8-9H,4-7H2,1-3H3,(H2,14,15,16);1H. The zero-order valence-electron chi connectivity index (χ0n) is 13.0. The highest BCUT2D eigenvalue weighted by Crippen LogP contribution is 2.10. The van der Waals surface area contributed by atoms with E-state index in [0.29, 0.717) is 6.54 Å². The Balaban J connectivity index is 0.00000242. The summed E-state index contributed by atoms with van der Waals surface area (Å²) in [5, 5.41) is 13.8. The zero-order chi connectivity index (χ0) is 15.1. The molecule has 0 aliphatic carbocycles. The van der Waals surface area contributed by atoms with Gasteiger partial charge in [0.05, 0.1) is 17.2 Å². The molecule has 2 rings (SSSR count). The smallest absolute Gasteiger partial charge is 0.191 e. The van der Waals surface area contributed by atoms with Gasteiger partial charge in [-0.15, -0.1) is 35.3 Å². The maximum absolute atomic E-state index is 4.55. The van der Waals surface area contributed by atoms with Crippen molar-refractivity contribution >= 4 is 41.3 Å². The first kappa shape index (κ1) is 18.8. The molecular weight excluding hydrogens is 413 g/mol. The predicted octanol–water partition coefficient (Wildman–Crippen LogP) is 1.36. The van der Waals surface area contributed by atoms with Gasteiger partial charge in [-0.3, -0.25) is 9.67 Å². The molecule has 0 aliphatic heterocycles. The highest BCUT2D eigenvalue weighted by Gasteiger charge is 2.04. The summed E-state index contributed by atoms with van der Waals surface area (Å²) in [5.74, 6) is 1.62. The number of rotatable bonds is 6. The molecule has 0 aromatic carbocycles. The minimum atomic E-state index is 0. The molecule has 0 atom stereocenters. The summed E-state index contributed by atoms with van der Waals surface area (Å²) >= 11 is 1.72. The van der Waals surface area contributed by atoms with Crippen molar-refractivity contribution in [2.24, 2.45) is 12.0 Å². The second kappa shape index (κ2) is 9.72. The number of nitrogens with one attached hydrogen (secondary N) is 2. The Hall–Kier alpha value is -1.23. The van der Waals surface area contributed by atoms with Crippen LogP contribution in [0.25, 0.3) is 0 Å². The first-order chi connectivity index (χ1) is 10.2. The van der Waals surface area contributed by atoms with Gasteiger partial charge in [-0.1, -0.05) is 6.92 Å². The number of aryl methyl sites for hydroxylation is 2. The zero-order valence-corrected chi connectivity index (χ0v) is 16.2. The summed E-state index contributed by atoms with van der Waals surface area (Å²) in [6, 6.07) is 0. The molecular formula is C13H22IN7S. The molecule has 0 bridgehead atoms. The third-order valence-corrected chi connectivity index (χ3v) is 4.06. The van der Waals surface area contributed by atoms with Crippen LogP contribution in [-0.2, 0) is 26.4 Å². The molecule has 0 saturated carbocycles. The Bertz CT molecular complexity index is 593. The average molecular weight is 435 g/mol. The van der Waals surface area contributed by atoms with Crippen LogP contribution in [0.4, 0.5) is 0 Å². The molecule has 0 saturated heterocycles. The number of hydrogen-bond donors (Lipinski definition) is 2. The van der Waals surface area contributed by atoms with Crippen LogP contribution in [0, 0.1) is 0 Å². The van der Waals surface area contributed by atoms with E-state index in [1.165, 1.54) is 5.01 Å². The minimum absolute atomic E-state index is 0. The molecule has 2 N–H and O–H groups in total. The van der Waals surface area contributed by atoms with Crippen molar-refractivity contribution in [3.8, 4) is 0 Å². The van der Waals surface area contributed by atoms with E-state index >= 15 is 0 Å². The van der Waals surface area contributed by atoms with Crippen molar-refractivity contribution in [3.63, 3.8) is 0 Å². The van der Waals surface area contributed by atoms with Crippen LogP contribution < -0.4 is 10.6 Å². The van der Waals surface area contributed by atoms with E-state index in [1.807, 2.05) is 7.05 Å². The third kappa shape index (κ3) is 5.52. The van der Waals surface area contributed by atoms with Crippen molar-refractivity contribution < 1.29 is 0 Å². The molecule has 0 aliphatic rings. The van der Waals surface area contributed by atoms with Gasteiger partial charge >= 0.3 is 0 Å². The Morgan fingerprint density at radius 1 is 1.41 bits per heavy atom. The fraction of sp³-hybridized carbons (Fsp3) is 0.538. The van der Waals surface area contributed by atoms with E-state index in [2.05, 4.69) is 43.0 Å². The molecule has 0 fully saturated rings. The summed E-state index contributed by atoms with van der Waals surface area (Å²) in [4.78, 5) is 12.9. The second-order valence-electron chi connectivity index (χ2n) is 4.49. The van der Waals surface area contributed by atoms with Crippen molar-refractivity contribution in [1.82, 2.24) is 30.4 Å². The van der Waals surface area contributed by atoms with Crippen LogP contribution in [0.2, 0.25) is 0 Å². The molecule has 22 heavy (non-hydrogen) atoms. The lowest BCUT2D eigenvalue weighted by molar-refractivity contribution is 0.672. The Kier molecular flexibility index (Phi) is 8.31. The molecule has 2 heterocycles. The predicted molar refractivity (Wildman–Crippen MR) is 99.8 cm³/mol. The summed E-state index contributed by atoms with van der Waals surface area (Å²) in [6.45, 7) is 3.51. The monoisotopic (exact) mass is 435 g/mol. The summed E-state index contributed by atoms with van der Waals surface area (Å²) < 4.78 is 1.74. The molecule has 122 valence electrons. The second-order valence-corrected chi connectivity index (χ2v) is 5.43. The molecule has 0 amide bonds. The summed E-state index contributed by atoms with van der Waals surface area (Å²) in [5.41, 5.74) is 1.13. The number of aliphatic imine (C=N–C) groups is 1. The van der Waals surface area contributed by atoms with Gasteiger partial charge in [-0.2, -0.15) is 5.10 Å². The molecule has 2 aromatic heterocycles. The van der Waals surface area contributed by atoms with Gasteiger partial charge < -0.3 is 10.6 Å². The van der Waals surface area contributed by atoms with Crippen LogP contribution in [0.15, 0.2) is 16.7 Å². The van der Waals surface area contributed by atoms with Gasteiger partial charge in [0.15, 0.2) is 5.96 Å². The number of thiazole rings is 1. The maximum atomic E-state index is 4.55. The largest absolute Gasteiger partial charge is 0.356 e. The van der Waals surface area contributed by atoms with Gasteiger partial charge in [0.25, 0.3) is 0 Å². The average Bonchev–Trinajstić information content (AvgIpc) is 3.11.